The van der Waals surface area contributed by atoms with Crippen molar-refractivity contribution >= 4 is 28.6 Å². The average molecular weight is 454 g/mol. The van der Waals surface area contributed by atoms with Gasteiger partial charge in [-0.15, -0.1) is 0 Å². The summed E-state index contributed by atoms with van der Waals surface area (Å²) in [5.41, 5.74) is 0. The van der Waals surface area contributed by atoms with E-state index >= 15 is 0 Å². The summed E-state index contributed by atoms with van der Waals surface area (Å²) in [5.74, 6) is -0.0112. The maximum atomic E-state index is 12.5. The SMILES string of the molecule is CS(=O)NCC(=O)N1CCCC1C(=O)NCC(=O)c1noc(CCC2CCCCC2)n1. The van der Waals surface area contributed by atoms with Crippen molar-refractivity contribution in [2.24, 2.45) is 5.92 Å². The smallest absolute Gasteiger partial charge is 0.243 e. The van der Waals surface area contributed by atoms with E-state index in [2.05, 4.69) is 20.2 Å². The van der Waals surface area contributed by atoms with Crippen molar-refractivity contribution in [3.8, 4) is 0 Å². The zero-order chi connectivity index (χ0) is 22.2. The van der Waals surface area contributed by atoms with Crippen molar-refractivity contribution in [1.29, 1.82) is 0 Å². The van der Waals surface area contributed by atoms with E-state index in [0.717, 1.165) is 6.42 Å². The Bertz CT molecular complexity index is 808. The van der Waals surface area contributed by atoms with Gasteiger partial charge in [0.1, 0.15) is 6.04 Å². The molecule has 0 bridgehead atoms. The maximum absolute atomic E-state index is 12.5. The van der Waals surface area contributed by atoms with Gasteiger partial charge in [0, 0.05) is 19.2 Å². The summed E-state index contributed by atoms with van der Waals surface area (Å²) >= 11 is 0. The van der Waals surface area contributed by atoms with Gasteiger partial charge in [0.05, 0.1) is 24.1 Å². The van der Waals surface area contributed by atoms with E-state index in [-0.39, 0.29) is 24.8 Å². The maximum Gasteiger partial charge on any atom is 0.243 e. The number of nitrogens with one attached hydrogen (secondary N) is 2. The van der Waals surface area contributed by atoms with Gasteiger partial charge in [0.2, 0.25) is 29.3 Å². The number of hydrogen-bond acceptors (Lipinski definition) is 7. The van der Waals surface area contributed by atoms with E-state index < -0.39 is 28.7 Å². The second-order valence-corrected chi connectivity index (χ2v) is 9.41. The van der Waals surface area contributed by atoms with Crippen LogP contribution in [0.2, 0.25) is 0 Å². The Morgan fingerprint density at radius 2 is 1.90 bits per heavy atom. The average Bonchev–Trinajstić information content (AvgIpc) is 3.45. The molecule has 2 amide bonds. The molecule has 2 N–H and O–H groups in total. The molecule has 2 aliphatic rings. The molecule has 2 heterocycles. The number of hydrogen-bond donors (Lipinski definition) is 2. The molecule has 1 saturated carbocycles. The van der Waals surface area contributed by atoms with E-state index in [0.29, 0.717) is 37.6 Å². The Labute approximate surface area is 184 Å². The van der Waals surface area contributed by atoms with E-state index in [1.165, 1.54) is 43.3 Å². The third kappa shape index (κ3) is 6.93. The van der Waals surface area contributed by atoms with Gasteiger partial charge in [-0.05, 0) is 25.2 Å². The molecule has 1 aliphatic carbocycles. The van der Waals surface area contributed by atoms with Crippen molar-refractivity contribution in [2.75, 3.05) is 25.9 Å². The fourth-order valence-corrected chi connectivity index (χ4v) is 4.57. The van der Waals surface area contributed by atoms with E-state index in [1.54, 1.807) is 0 Å². The predicted molar refractivity (Wildman–Crippen MR) is 113 cm³/mol. The summed E-state index contributed by atoms with van der Waals surface area (Å²) in [7, 11) is -1.31. The fourth-order valence-electron chi connectivity index (χ4n) is 4.24. The Balaban J connectivity index is 1.44. The standard InChI is InChI=1S/C20H31N5O5S/c1-31(29)22-13-18(27)25-11-5-8-15(25)20(28)21-12-16(26)19-23-17(30-24-19)10-9-14-6-3-2-4-7-14/h14-15,22H,2-13H2,1H3,(H,21,28). The van der Waals surface area contributed by atoms with Crippen LogP contribution in [0.3, 0.4) is 0 Å². The van der Waals surface area contributed by atoms with Gasteiger partial charge in [-0.2, -0.15) is 4.98 Å². The molecule has 0 aromatic carbocycles. The monoisotopic (exact) mass is 453 g/mol. The van der Waals surface area contributed by atoms with Crippen molar-refractivity contribution in [3.63, 3.8) is 0 Å². The number of Topliss-reactive ketones (excluding diaryl/α,β-unsaturated/α-hetero) is 1. The van der Waals surface area contributed by atoms with Crippen LogP contribution in [0.4, 0.5) is 0 Å². The van der Waals surface area contributed by atoms with E-state index in [9.17, 15) is 18.6 Å². The highest BCUT2D eigenvalue weighted by Gasteiger charge is 2.34. The lowest BCUT2D eigenvalue weighted by molar-refractivity contribution is -0.137. The van der Waals surface area contributed by atoms with Crippen LogP contribution in [0, 0.1) is 5.92 Å². The third-order valence-corrected chi connectivity index (χ3v) is 6.49. The van der Waals surface area contributed by atoms with Crippen LogP contribution in [0.15, 0.2) is 4.52 Å². The lowest BCUT2D eigenvalue weighted by atomic mass is 9.86. The van der Waals surface area contributed by atoms with E-state index in [4.69, 9.17) is 4.52 Å². The molecule has 2 unspecified atom stereocenters. The minimum Gasteiger partial charge on any atom is -0.347 e. The Hall–Kier alpha value is -2.14. The van der Waals surface area contributed by atoms with Crippen LogP contribution in [-0.2, 0) is 27.0 Å². The van der Waals surface area contributed by atoms with Crippen LogP contribution >= 0.6 is 0 Å². The minimum atomic E-state index is -1.31. The third-order valence-electron chi connectivity index (χ3n) is 5.93. The van der Waals surface area contributed by atoms with Gasteiger partial charge in [0.25, 0.3) is 0 Å². The van der Waals surface area contributed by atoms with Gasteiger partial charge < -0.3 is 14.7 Å². The molecule has 172 valence electrons. The van der Waals surface area contributed by atoms with Gasteiger partial charge in [-0.25, -0.2) is 8.93 Å². The van der Waals surface area contributed by atoms with Gasteiger partial charge in [-0.1, -0.05) is 37.3 Å². The Morgan fingerprint density at radius 1 is 1.13 bits per heavy atom. The Kier molecular flexibility index (Phi) is 8.70. The summed E-state index contributed by atoms with van der Waals surface area (Å²) < 4.78 is 18.9. The largest absolute Gasteiger partial charge is 0.347 e. The molecular formula is C20H31N5O5S. The number of likely N-dealkylation sites (tertiary alicyclic amines) is 1. The molecule has 31 heavy (non-hydrogen) atoms. The number of carbonyl (C=O) groups is 3. The van der Waals surface area contributed by atoms with Crippen LogP contribution in [0.5, 0.6) is 0 Å². The summed E-state index contributed by atoms with van der Waals surface area (Å²) in [5, 5.41) is 6.33. The molecule has 1 aliphatic heterocycles. The van der Waals surface area contributed by atoms with Crippen LogP contribution in [-0.4, -0.2) is 68.8 Å². The molecule has 3 rings (SSSR count). The molecule has 2 atom stereocenters. The Morgan fingerprint density at radius 3 is 2.65 bits per heavy atom. The first kappa shape index (κ1) is 23.5. The van der Waals surface area contributed by atoms with Crippen LogP contribution < -0.4 is 10.0 Å². The number of aryl methyl sites for hydroxylation is 1. The first-order chi connectivity index (χ1) is 14.9. The zero-order valence-corrected chi connectivity index (χ0v) is 18.7. The first-order valence-corrected chi connectivity index (χ1v) is 12.5. The molecule has 11 heteroatoms. The molecule has 1 aromatic rings. The zero-order valence-electron chi connectivity index (χ0n) is 17.9. The molecule has 1 aromatic heterocycles. The van der Waals surface area contributed by atoms with Gasteiger partial charge >= 0.3 is 0 Å². The lowest BCUT2D eigenvalue weighted by Gasteiger charge is -2.23. The number of ketones is 1. The first-order valence-electron chi connectivity index (χ1n) is 10.9. The quantitative estimate of drug-likeness (QED) is 0.499. The van der Waals surface area contributed by atoms with Crippen LogP contribution in [0.25, 0.3) is 0 Å². The highest BCUT2D eigenvalue weighted by atomic mass is 32.2. The highest BCUT2D eigenvalue weighted by Crippen LogP contribution is 2.27. The lowest BCUT2D eigenvalue weighted by Crippen LogP contribution is -2.49. The summed E-state index contributed by atoms with van der Waals surface area (Å²) in [6.07, 6.45) is 10.6. The minimum absolute atomic E-state index is 0.0343. The number of nitrogens with zero attached hydrogens (tertiary/aromatic N) is 3. The number of amides is 2. The molecule has 10 nitrogen and oxygen atoms in total. The second kappa shape index (κ2) is 11.5. The van der Waals surface area contributed by atoms with Crippen LogP contribution in [0.1, 0.15) is 67.9 Å². The predicted octanol–water partition coefficient (Wildman–Crippen LogP) is 0.755. The summed E-state index contributed by atoms with van der Waals surface area (Å²) in [6, 6.07) is -0.635. The molecule has 1 saturated heterocycles. The van der Waals surface area contributed by atoms with E-state index in [1.807, 2.05) is 0 Å². The van der Waals surface area contributed by atoms with Crippen molar-refractivity contribution in [3.05, 3.63) is 11.7 Å². The molecule has 2 fully saturated rings. The topological polar surface area (TPSA) is 134 Å². The van der Waals surface area contributed by atoms with Crippen molar-refractivity contribution in [2.45, 2.75) is 63.8 Å². The molecule has 0 radical (unpaired) electrons. The van der Waals surface area contributed by atoms with Gasteiger partial charge in [-0.3, -0.25) is 14.4 Å². The number of carbonyl (C=O) groups excluding carboxylic acids is 3. The molecule has 0 spiro atoms. The van der Waals surface area contributed by atoms with Crippen molar-refractivity contribution < 1.29 is 23.1 Å². The molecular weight excluding hydrogens is 422 g/mol. The summed E-state index contributed by atoms with van der Waals surface area (Å²) in [6.45, 7) is 0.104. The number of aromatic nitrogens is 2. The summed E-state index contributed by atoms with van der Waals surface area (Å²) in [4.78, 5) is 42.7. The normalized spacial score (nSPS) is 20.5. The number of rotatable bonds is 10. The second-order valence-electron chi connectivity index (χ2n) is 8.22. The van der Waals surface area contributed by atoms with Gasteiger partial charge in [0.15, 0.2) is 0 Å². The van der Waals surface area contributed by atoms with Crippen molar-refractivity contribution in [1.82, 2.24) is 25.1 Å². The highest BCUT2D eigenvalue weighted by molar-refractivity contribution is 7.82. The fraction of sp³-hybridized carbons (Fsp3) is 0.750.